The summed E-state index contributed by atoms with van der Waals surface area (Å²) in [5.74, 6) is 0.822. The van der Waals surface area contributed by atoms with E-state index >= 15 is 0 Å². The number of nitrogens with zero attached hydrogens (tertiary/aromatic N) is 3. The van der Waals surface area contributed by atoms with Gasteiger partial charge in [-0.15, -0.1) is 5.10 Å². The van der Waals surface area contributed by atoms with Crippen molar-refractivity contribution in [2.45, 2.75) is 25.3 Å². The molecule has 2 heterocycles. The van der Waals surface area contributed by atoms with Crippen molar-refractivity contribution in [1.82, 2.24) is 15.0 Å². The first-order chi connectivity index (χ1) is 7.94. The minimum atomic E-state index is -2.80. The highest BCUT2D eigenvalue weighted by Gasteiger charge is 2.29. The molecule has 0 aliphatic carbocycles. The summed E-state index contributed by atoms with van der Waals surface area (Å²) in [5.41, 5.74) is 6.87. The highest BCUT2D eigenvalue weighted by Crippen LogP contribution is 2.23. The molecule has 1 fully saturated rings. The summed E-state index contributed by atoms with van der Waals surface area (Å²) >= 11 is 0. The van der Waals surface area contributed by atoms with E-state index in [1.807, 2.05) is 13.2 Å². The lowest BCUT2D eigenvalue weighted by Crippen LogP contribution is -2.26. The summed E-state index contributed by atoms with van der Waals surface area (Å²) in [6.45, 7) is 0. The maximum Gasteiger partial charge on any atom is 0.150 e. The Morgan fingerprint density at radius 3 is 2.94 bits per heavy atom. The van der Waals surface area contributed by atoms with Crippen LogP contribution in [-0.4, -0.2) is 41.0 Å². The number of nitrogens with two attached hydrogens (primary N) is 1. The Morgan fingerprint density at radius 2 is 2.41 bits per heavy atom. The van der Waals surface area contributed by atoms with E-state index in [9.17, 15) is 8.42 Å². The number of rotatable bonds is 4. The molecule has 2 rings (SSSR count). The van der Waals surface area contributed by atoms with Crippen LogP contribution in [0, 0.1) is 5.92 Å². The van der Waals surface area contributed by atoms with Crippen LogP contribution in [0.4, 0.5) is 0 Å². The molecule has 1 aliphatic heterocycles. The molecule has 17 heavy (non-hydrogen) atoms. The largest absolute Gasteiger partial charge is 0.327 e. The molecular formula is C10H18N4O2S. The van der Waals surface area contributed by atoms with Crippen molar-refractivity contribution < 1.29 is 8.42 Å². The van der Waals surface area contributed by atoms with E-state index in [4.69, 9.17) is 5.73 Å². The van der Waals surface area contributed by atoms with Gasteiger partial charge in [-0.1, -0.05) is 5.21 Å². The summed E-state index contributed by atoms with van der Waals surface area (Å²) in [4.78, 5) is 0. The second-order valence-corrected chi connectivity index (χ2v) is 7.08. The van der Waals surface area contributed by atoms with Crippen LogP contribution in [0.5, 0.6) is 0 Å². The third-order valence-corrected chi connectivity index (χ3v) is 4.92. The predicted octanol–water partition coefficient (Wildman–Crippen LogP) is -0.490. The summed E-state index contributed by atoms with van der Waals surface area (Å²) in [5, 5.41) is 7.81. The van der Waals surface area contributed by atoms with Crippen molar-refractivity contribution in [2.24, 2.45) is 18.7 Å². The van der Waals surface area contributed by atoms with Crippen LogP contribution in [0.1, 0.15) is 18.5 Å². The van der Waals surface area contributed by atoms with Crippen molar-refractivity contribution in [3.8, 4) is 0 Å². The molecule has 96 valence electrons. The molecule has 1 aliphatic rings. The Labute approximate surface area is 101 Å². The third kappa shape index (κ3) is 3.50. The van der Waals surface area contributed by atoms with Gasteiger partial charge in [0.2, 0.25) is 0 Å². The van der Waals surface area contributed by atoms with Crippen molar-refractivity contribution in [3.63, 3.8) is 0 Å². The van der Waals surface area contributed by atoms with E-state index in [1.54, 1.807) is 4.68 Å². The fraction of sp³-hybridized carbons (Fsp3) is 0.800. The van der Waals surface area contributed by atoms with E-state index in [2.05, 4.69) is 10.3 Å². The maximum atomic E-state index is 11.3. The summed E-state index contributed by atoms with van der Waals surface area (Å²) in [6.07, 6.45) is 3.99. The SMILES string of the molecule is Cn1cc(CC(N)CC2CCS(=O)(=O)C2)nn1. The van der Waals surface area contributed by atoms with E-state index in [-0.39, 0.29) is 12.0 Å². The average molecular weight is 258 g/mol. The monoisotopic (exact) mass is 258 g/mol. The Bertz CT molecular complexity index is 482. The third-order valence-electron chi connectivity index (χ3n) is 3.08. The Morgan fingerprint density at radius 1 is 1.65 bits per heavy atom. The second kappa shape index (κ2) is 4.73. The zero-order valence-corrected chi connectivity index (χ0v) is 10.7. The van der Waals surface area contributed by atoms with Gasteiger partial charge in [-0.05, 0) is 18.8 Å². The van der Waals surface area contributed by atoms with E-state index in [1.165, 1.54) is 0 Å². The van der Waals surface area contributed by atoms with Gasteiger partial charge in [0.15, 0.2) is 9.84 Å². The number of hydrogen-bond acceptors (Lipinski definition) is 5. The first-order valence-corrected chi connectivity index (χ1v) is 7.58. The molecule has 0 bridgehead atoms. The second-order valence-electron chi connectivity index (χ2n) is 4.85. The maximum absolute atomic E-state index is 11.3. The molecule has 7 heteroatoms. The molecule has 0 aromatic carbocycles. The van der Waals surface area contributed by atoms with Crippen molar-refractivity contribution in [2.75, 3.05) is 11.5 Å². The van der Waals surface area contributed by atoms with Crippen LogP contribution in [0.2, 0.25) is 0 Å². The fourth-order valence-electron chi connectivity index (χ4n) is 2.33. The van der Waals surface area contributed by atoms with Crippen molar-refractivity contribution in [1.29, 1.82) is 0 Å². The number of sulfone groups is 1. The zero-order chi connectivity index (χ0) is 12.5. The van der Waals surface area contributed by atoms with Crippen LogP contribution in [0.3, 0.4) is 0 Å². The topological polar surface area (TPSA) is 90.9 Å². The van der Waals surface area contributed by atoms with Crippen LogP contribution in [0.15, 0.2) is 6.20 Å². The molecule has 1 aromatic heterocycles. The predicted molar refractivity (Wildman–Crippen MR) is 64.1 cm³/mol. The lowest BCUT2D eigenvalue weighted by molar-refractivity contribution is 0.466. The average Bonchev–Trinajstić information content (AvgIpc) is 2.73. The first-order valence-electron chi connectivity index (χ1n) is 5.76. The Hall–Kier alpha value is -0.950. The molecule has 2 N–H and O–H groups in total. The number of aromatic nitrogens is 3. The molecule has 0 saturated carbocycles. The molecule has 2 unspecified atom stereocenters. The molecule has 0 spiro atoms. The summed E-state index contributed by atoms with van der Waals surface area (Å²) in [7, 11) is -0.986. The molecule has 2 atom stereocenters. The van der Waals surface area contributed by atoms with Crippen LogP contribution in [-0.2, 0) is 23.3 Å². The van der Waals surface area contributed by atoms with Gasteiger partial charge in [0.1, 0.15) is 0 Å². The highest BCUT2D eigenvalue weighted by molar-refractivity contribution is 7.91. The highest BCUT2D eigenvalue weighted by atomic mass is 32.2. The number of aryl methyl sites for hydroxylation is 1. The summed E-state index contributed by atoms with van der Waals surface area (Å²) < 4.78 is 24.3. The van der Waals surface area contributed by atoms with Gasteiger partial charge in [0.05, 0.1) is 17.2 Å². The molecule has 1 aromatic rings. The van der Waals surface area contributed by atoms with Gasteiger partial charge in [-0.25, -0.2) is 8.42 Å². The zero-order valence-electron chi connectivity index (χ0n) is 9.91. The van der Waals surface area contributed by atoms with Crippen molar-refractivity contribution >= 4 is 9.84 Å². The lowest BCUT2D eigenvalue weighted by Gasteiger charge is -2.13. The quantitative estimate of drug-likeness (QED) is 0.787. The van der Waals surface area contributed by atoms with E-state index in [0.717, 1.165) is 18.5 Å². The normalized spacial score (nSPS) is 24.9. The minimum Gasteiger partial charge on any atom is -0.327 e. The molecular weight excluding hydrogens is 240 g/mol. The van der Waals surface area contributed by atoms with E-state index in [0.29, 0.717) is 17.9 Å². The van der Waals surface area contributed by atoms with Gasteiger partial charge < -0.3 is 5.73 Å². The Balaban J connectivity index is 1.84. The van der Waals surface area contributed by atoms with Crippen LogP contribution >= 0.6 is 0 Å². The standard InChI is InChI=1S/C10H18N4O2S/c1-14-6-10(12-13-14)5-9(11)4-8-2-3-17(15,16)7-8/h6,8-9H,2-5,7,11H2,1H3. The molecule has 0 radical (unpaired) electrons. The van der Waals surface area contributed by atoms with Gasteiger partial charge in [0, 0.05) is 25.7 Å². The number of hydrogen-bond donors (Lipinski definition) is 1. The molecule has 1 saturated heterocycles. The van der Waals surface area contributed by atoms with Gasteiger partial charge in [0.25, 0.3) is 0 Å². The lowest BCUT2D eigenvalue weighted by atomic mass is 9.97. The van der Waals surface area contributed by atoms with Crippen LogP contribution in [0.25, 0.3) is 0 Å². The van der Waals surface area contributed by atoms with Crippen molar-refractivity contribution in [3.05, 3.63) is 11.9 Å². The minimum absolute atomic E-state index is 0.0370. The van der Waals surface area contributed by atoms with Crippen LogP contribution < -0.4 is 5.73 Å². The van der Waals surface area contributed by atoms with Gasteiger partial charge >= 0.3 is 0 Å². The summed E-state index contributed by atoms with van der Waals surface area (Å²) in [6, 6.07) is -0.0370. The Kier molecular flexibility index (Phi) is 3.48. The fourth-order valence-corrected chi connectivity index (χ4v) is 4.21. The molecule has 6 nitrogen and oxygen atoms in total. The smallest absolute Gasteiger partial charge is 0.150 e. The van der Waals surface area contributed by atoms with Gasteiger partial charge in [-0.2, -0.15) is 0 Å². The first kappa shape index (κ1) is 12.5. The van der Waals surface area contributed by atoms with Gasteiger partial charge in [-0.3, -0.25) is 4.68 Å². The van der Waals surface area contributed by atoms with E-state index < -0.39 is 9.84 Å². The molecule has 0 amide bonds.